The summed E-state index contributed by atoms with van der Waals surface area (Å²) in [5.41, 5.74) is 2.60. The van der Waals surface area contributed by atoms with E-state index in [2.05, 4.69) is 97.0 Å². The molecule has 0 spiro atoms. The minimum Gasteiger partial charge on any atom is -0.372 e. The fraction of sp³-hybridized carbons (Fsp3) is 0.308. The molecule has 29 heavy (non-hydrogen) atoms. The first-order valence-corrected chi connectivity index (χ1v) is 12.3. The van der Waals surface area contributed by atoms with Crippen molar-refractivity contribution in [2.75, 3.05) is 18.0 Å². The summed E-state index contributed by atoms with van der Waals surface area (Å²) in [6, 6.07) is 17.6. The van der Waals surface area contributed by atoms with Crippen LogP contribution in [0.4, 0.5) is 5.69 Å². The Morgan fingerprint density at radius 2 is 1.34 bits per heavy atom. The first-order chi connectivity index (χ1) is 14.3. The average Bonchev–Trinajstić information content (AvgIpc) is 3.43. The fourth-order valence-corrected chi connectivity index (χ4v) is 4.57. The lowest BCUT2D eigenvalue weighted by molar-refractivity contribution is 0.678. The number of hydrogen-bond acceptors (Lipinski definition) is 3. The summed E-state index contributed by atoms with van der Waals surface area (Å²) in [5.74, 6) is 0. The molecule has 3 rings (SSSR count). The van der Waals surface area contributed by atoms with Crippen LogP contribution in [0.3, 0.4) is 0 Å². The average molecular weight is 422 g/mol. The Morgan fingerprint density at radius 1 is 0.724 bits per heavy atom. The molecule has 0 aliphatic heterocycles. The second kappa shape index (κ2) is 11.8. The molecule has 0 N–H and O–H groups in total. The Kier molecular flexibility index (Phi) is 8.79. The number of hydrogen-bond donors (Lipinski definition) is 0. The van der Waals surface area contributed by atoms with Gasteiger partial charge in [-0.05, 0) is 72.3 Å². The Balaban J connectivity index is 1.60. The number of anilines is 1. The molecule has 1 aromatic carbocycles. The van der Waals surface area contributed by atoms with Crippen molar-refractivity contribution in [1.82, 2.24) is 0 Å². The summed E-state index contributed by atoms with van der Waals surface area (Å²) in [7, 11) is 0. The van der Waals surface area contributed by atoms with Gasteiger partial charge in [0.1, 0.15) is 0 Å². The molecule has 0 aliphatic carbocycles. The second-order valence-electron chi connectivity index (χ2n) is 7.21. The van der Waals surface area contributed by atoms with E-state index >= 15 is 0 Å². The van der Waals surface area contributed by atoms with Gasteiger partial charge in [-0.1, -0.05) is 51.0 Å². The quantitative estimate of drug-likeness (QED) is 0.300. The highest BCUT2D eigenvalue weighted by Crippen LogP contribution is 2.23. The van der Waals surface area contributed by atoms with E-state index in [1.54, 1.807) is 11.3 Å². The molecule has 0 aliphatic rings. The van der Waals surface area contributed by atoms with Crippen LogP contribution in [0.2, 0.25) is 0 Å². The van der Waals surface area contributed by atoms with E-state index in [1.807, 2.05) is 11.3 Å². The van der Waals surface area contributed by atoms with Crippen molar-refractivity contribution in [3.8, 4) is 0 Å². The van der Waals surface area contributed by atoms with Gasteiger partial charge in [-0.2, -0.15) is 0 Å². The maximum Gasteiger partial charge on any atom is 0.0366 e. The van der Waals surface area contributed by atoms with Crippen molar-refractivity contribution in [3.05, 3.63) is 74.1 Å². The molecule has 3 aromatic rings. The van der Waals surface area contributed by atoms with Crippen molar-refractivity contribution < 1.29 is 0 Å². The van der Waals surface area contributed by atoms with Crippen LogP contribution in [0.5, 0.6) is 0 Å². The molecule has 2 aromatic heterocycles. The van der Waals surface area contributed by atoms with Gasteiger partial charge in [-0.25, -0.2) is 0 Å². The minimum absolute atomic E-state index is 1.16. The van der Waals surface area contributed by atoms with Crippen LogP contribution in [0.25, 0.3) is 24.3 Å². The van der Waals surface area contributed by atoms with Crippen molar-refractivity contribution in [2.45, 2.75) is 39.5 Å². The normalized spacial score (nSPS) is 11.7. The summed E-state index contributed by atoms with van der Waals surface area (Å²) in [6.07, 6.45) is 13.8. The number of rotatable bonds is 11. The Bertz CT molecular complexity index is 877. The number of thiophene rings is 2. The van der Waals surface area contributed by atoms with Gasteiger partial charge in [0.15, 0.2) is 0 Å². The monoisotopic (exact) mass is 421 g/mol. The number of unbranched alkanes of at least 4 members (excludes halogenated alkanes) is 2. The second-order valence-corrected chi connectivity index (χ2v) is 9.33. The lowest BCUT2D eigenvalue weighted by atomic mass is 10.1. The van der Waals surface area contributed by atoms with Crippen molar-refractivity contribution in [2.24, 2.45) is 0 Å². The predicted molar refractivity (Wildman–Crippen MR) is 135 cm³/mol. The van der Waals surface area contributed by atoms with Gasteiger partial charge < -0.3 is 4.90 Å². The molecule has 0 unspecified atom stereocenters. The van der Waals surface area contributed by atoms with Gasteiger partial charge in [0.25, 0.3) is 0 Å². The van der Waals surface area contributed by atoms with Crippen LogP contribution < -0.4 is 4.90 Å². The van der Waals surface area contributed by atoms with Crippen LogP contribution in [0.1, 0.15) is 59.7 Å². The van der Waals surface area contributed by atoms with Crippen LogP contribution in [-0.2, 0) is 0 Å². The molecule has 0 atom stereocenters. The highest BCUT2D eigenvalue weighted by Gasteiger charge is 2.05. The minimum atomic E-state index is 1.16. The van der Waals surface area contributed by atoms with Crippen molar-refractivity contribution in [3.63, 3.8) is 0 Å². The molecule has 0 saturated carbocycles. The third kappa shape index (κ3) is 7.02. The van der Waals surface area contributed by atoms with E-state index in [0.717, 1.165) is 13.1 Å². The zero-order valence-corrected chi connectivity index (χ0v) is 19.1. The first kappa shape index (κ1) is 21.6. The van der Waals surface area contributed by atoms with Gasteiger partial charge in [0.2, 0.25) is 0 Å². The van der Waals surface area contributed by atoms with E-state index in [4.69, 9.17) is 0 Å². The first-order valence-electron chi connectivity index (χ1n) is 10.6. The molecule has 0 fully saturated rings. The summed E-state index contributed by atoms with van der Waals surface area (Å²) in [6.45, 7) is 6.84. The Hall–Kier alpha value is -2.10. The topological polar surface area (TPSA) is 3.24 Å². The lowest BCUT2D eigenvalue weighted by Gasteiger charge is -2.24. The maximum absolute atomic E-state index is 2.53. The van der Waals surface area contributed by atoms with Crippen molar-refractivity contribution in [1.29, 1.82) is 0 Å². The standard InChI is InChI=1S/C26H31NS2/c1-3-5-19-27(20-6-4-2)23-12-9-22(10-13-23)11-14-25-17-18-26(29-25)16-15-24-8-7-21-28-24/h7-18,21H,3-6,19-20H2,1-2H3. The summed E-state index contributed by atoms with van der Waals surface area (Å²) < 4.78 is 0. The maximum atomic E-state index is 2.53. The molecule has 2 heterocycles. The van der Waals surface area contributed by atoms with Gasteiger partial charge in [0, 0.05) is 33.4 Å². The van der Waals surface area contributed by atoms with Gasteiger partial charge in [0.05, 0.1) is 0 Å². The van der Waals surface area contributed by atoms with Crippen LogP contribution >= 0.6 is 22.7 Å². The molecule has 0 bridgehead atoms. The summed E-state index contributed by atoms with van der Waals surface area (Å²) >= 11 is 3.59. The SMILES string of the molecule is CCCCN(CCCC)c1ccc(C=Cc2ccc(C=Cc3cccs3)s2)cc1. The van der Waals surface area contributed by atoms with Gasteiger partial charge in [-0.15, -0.1) is 22.7 Å². The largest absolute Gasteiger partial charge is 0.372 e. The molecular formula is C26H31NS2. The lowest BCUT2D eigenvalue weighted by Crippen LogP contribution is -2.25. The zero-order valence-electron chi connectivity index (χ0n) is 17.5. The van der Waals surface area contributed by atoms with Gasteiger partial charge >= 0.3 is 0 Å². The zero-order chi connectivity index (χ0) is 20.3. The summed E-state index contributed by atoms with van der Waals surface area (Å²) in [5, 5.41) is 2.11. The molecular weight excluding hydrogens is 390 g/mol. The number of benzene rings is 1. The molecule has 0 radical (unpaired) electrons. The van der Waals surface area contributed by atoms with E-state index < -0.39 is 0 Å². The third-order valence-corrected chi connectivity index (χ3v) is 6.72. The smallest absolute Gasteiger partial charge is 0.0366 e. The van der Waals surface area contributed by atoms with Crippen LogP contribution in [0, 0.1) is 0 Å². The molecule has 3 heteroatoms. The van der Waals surface area contributed by atoms with E-state index in [0.29, 0.717) is 0 Å². The van der Waals surface area contributed by atoms with Gasteiger partial charge in [-0.3, -0.25) is 0 Å². The third-order valence-electron chi connectivity index (χ3n) is 4.86. The van der Waals surface area contributed by atoms with Crippen LogP contribution in [0.15, 0.2) is 53.9 Å². The molecule has 152 valence electrons. The van der Waals surface area contributed by atoms with Crippen molar-refractivity contribution >= 4 is 52.7 Å². The Labute approximate surface area is 184 Å². The summed E-state index contributed by atoms with van der Waals surface area (Å²) in [4.78, 5) is 6.40. The predicted octanol–water partition coefficient (Wildman–Crippen LogP) is 8.56. The highest BCUT2D eigenvalue weighted by atomic mass is 32.1. The highest BCUT2D eigenvalue weighted by molar-refractivity contribution is 7.14. The van der Waals surface area contributed by atoms with E-state index in [-0.39, 0.29) is 0 Å². The molecule has 0 amide bonds. The molecule has 0 saturated heterocycles. The molecule has 1 nitrogen and oxygen atoms in total. The fourth-order valence-electron chi connectivity index (χ4n) is 3.14. The van der Waals surface area contributed by atoms with E-state index in [1.165, 1.54) is 51.6 Å². The number of nitrogens with zero attached hydrogens (tertiary/aromatic N) is 1. The van der Waals surface area contributed by atoms with E-state index in [9.17, 15) is 0 Å². The Morgan fingerprint density at radius 3 is 1.93 bits per heavy atom. The van der Waals surface area contributed by atoms with Crippen LogP contribution in [-0.4, -0.2) is 13.1 Å².